The predicted octanol–water partition coefficient (Wildman–Crippen LogP) is 4.96. The van der Waals surface area contributed by atoms with Gasteiger partial charge in [-0.05, 0) is 48.2 Å². The Kier molecular flexibility index (Phi) is 17.9. The molecule has 0 aliphatic carbocycles. The quantitative estimate of drug-likeness (QED) is 0.230. The average molecular weight is 660 g/mol. The number of methoxy groups -OCH3 is 4. The van der Waals surface area contributed by atoms with E-state index in [1.54, 1.807) is 28.4 Å². The molecule has 1 heterocycles. The first-order valence-corrected chi connectivity index (χ1v) is 14.6. The molecule has 2 aromatic rings. The van der Waals surface area contributed by atoms with E-state index in [0.717, 1.165) is 37.3 Å². The molecular weight excluding hydrogens is 611 g/mol. The Balaban J connectivity index is 0.00000484. The summed E-state index contributed by atoms with van der Waals surface area (Å²) in [5.74, 6) is 1.26. The molecule has 12 heteroatoms. The van der Waals surface area contributed by atoms with Crippen molar-refractivity contribution in [3.05, 3.63) is 47.5 Å². The van der Waals surface area contributed by atoms with Crippen molar-refractivity contribution in [3.63, 3.8) is 0 Å². The van der Waals surface area contributed by atoms with Crippen LogP contribution in [0.25, 0.3) is 0 Å². The number of ether oxygens (including phenoxy) is 6. The highest BCUT2D eigenvalue weighted by Gasteiger charge is 2.24. The monoisotopic (exact) mass is 658 g/mol. The van der Waals surface area contributed by atoms with Gasteiger partial charge >= 0.3 is 11.9 Å². The molecule has 1 aliphatic rings. The van der Waals surface area contributed by atoms with E-state index in [-0.39, 0.29) is 48.6 Å². The third-order valence-corrected chi connectivity index (χ3v) is 7.77. The third-order valence-electron chi connectivity index (χ3n) is 7.77. The van der Waals surface area contributed by atoms with Crippen LogP contribution in [0, 0.1) is 0 Å². The molecular formula is C32H48Cl2N2O8. The van der Waals surface area contributed by atoms with Crippen molar-refractivity contribution in [3.8, 4) is 23.0 Å². The number of nitrogens with zero attached hydrogens (tertiary/aromatic N) is 2. The van der Waals surface area contributed by atoms with Gasteiger partial charge in [0.25, 0.3) is 0 Å². The summed E-state index contributed by atoms with van der Waals surface area (Å²) in [7, 11) is 6.33. The van der Waals surface area contributed by atoms with E-state index < -0.39 is 0 Å². The number of hydrogen-bond donors (Lipinski definition) is 0. The van der Waals surface area contributed by atoms with Crippen molar-refractivity contribution in [2.45, 2.75) is 38.5 Å². The minimum absolute atomic E-state index is 0. The first-order valence-electron chi connectivity index (χ1n) is 14.6. The molecule has 1 aliphatic heterocycles. The van der Waals surface area contributed by atoms with E-state index in [1.165, 1.54) is 0 Å². The van der Waals surface area contributed by atoms with E-state index in [0.29, 0.717) is 62.1 Å². The Labute approximate surface area is 274 Å². The molecule has 0 saturated carbocycles. The van der Waals surface area contributed by atoms with Crippen molar-refractivity contribution < 1.29 is 38.0 Å². The van der Waals surface area contributed by atoms with Gasteiger partial charge in [-0.1, -0.05) is 26.0 Å². The second-order valence-electron chi connectivity index (χ2n) is 10.2. The van der Waals surface area contributed by atoms with Crippen LogP contribution in [0.3, 0.4) is 0 Å². The fourth-order valence-corrected chi connectivity index (χ4v) is 5.20. The van der Waals surface area contributed by atoms with E-state index >= 15 is 0 Å². The van der Waals surface area contributed by atoms with Gasteiger partial charge in [-0.3, -0.25) is 19.4 Å². The van der Waals surface area contributed by atoms with Gasteiger partial charge < -0.3 is 28.4 Å². The zero-order valence-corrected chi connectivity index (χ0v) is 28.3. The van der Waals surface area contributed by atoms with Gasteiger partial charge in [-0.15, -0.1) is 24.8 Å². The Bertz CT molecular complexity index is 1070. The molecule has 2 atom stereocenters. The normalized spacial score (nSPS) is 14.7. The molecule has 0 N–H and O–H groups in total. The molecule has 2 aromatic carbocycles. The van der Waals surface area contributed by atoms with E-state index in [9.17, 15) is 9.59 Å². The molecule has 1 fully saturated rings. The van der Waals surface area contributed by atoms with Gasteiger partial charge in [0.2, 0.25) is 0 Å². The number of halogens is 2. The predicted molar refractivity (Wildman–Crippen MR) is 174 cm³/mol. The topological polar surface area (TPSA) is 96.0 Å². The highest BCUT2D eigenvalue weighted by Crippen LogP contribution is 2.33. The van der Waals surface area contributed by atoms with Gasteiger partial charge in [0, 0.05) is 39.3 Å². The summed E-state index contributed by atoms with van der Waals surface area (Å²) in [6.07, 6.45) is 1.26. The molecule has 0 radical (unpaired) electrons. The van der Waals surface area contributed by atoms with Crippen LogP contribution in [0.5, 0.6) is 23.0 Å². The molecule has 44 heavy (non-hydrogen) atoms. The highest BCUT2D eigenvalue weighted by atomic mass is 35.5. The van der Waals surface area contributed by atoms with Crippen LogP contribution >= 0.6 is 24.8 Å². The van der Waals surface area contributed by atoms with Crippen molar-refractivity contribution in [1.29, 1.82) is 0 Å². The lowest BCUT2D eigenvalue weighted by Gasteiger charge is -2.34. The van der Waals surface area contributed by atoms with E-state index in [4.69, 9.17) is 28.4 Å². The molecule has 2 unspecified atom stereocenters. The first-order chi connectivity index (χ1) is 20.4. The van der Waals surface area contributed by atoms with Crippen molar-refractivity contribution in [1.82, 2.24) is 9.80 Å². The zero-order valence-electron chi connectivity index (χ0n) is 26.7. The van der Waals surface area contributed by atoms with E-state index in [2.05, 4.69) is 9.80 Å². The fraction of sp³-hybridized carbons (Fsp3) is 0.562. The van der Waals surface area contributed by atoms with Gasteiger partial charge in [-0.25, -0.2) is 0 Å². The lowest BCUT2D eigenvalue weighted by Crippen LogP contribution is -2.48. The number of carbonyl (C=O) groups is 2. The molecule has 248 valence electrons. The molecule has 0 aromatic heterocycles. The van der Waals surface area contributed by atoms with Crippen LogP contribution in [0.1, 0.15) is 49.7 Å². The fourth-order valence-electron chi connectivity index (χ4n) is 5.20. The van der Waals surface area contributed by atoms with Crippen LogP contribution in [0.4, 0.5) is 0 Å². The first kappa shape index (κ1) is 39.1. The van der Waals surface area contributed by atoms with Crippen LogP contribution < -0.4 is 18.9 Å². The maximum Gasteiger partial charge on any atom is 0.313 e. The minimum atomic E-state index is -0.358. The number of piperazine rings is 1. The van der Waals surface area contributed by atoms with Crippen LogP contribution in [0.15, 0.2) is 36.4 Å². The third kappa shape index (κ3) is 10.6. The SMILES string of the molecule is CCC(C(=O)OCCN1CCN(CCOC(=O)C(CC)c2ccc(OC)c(OC)c2)CC1)c1ccc(OC)c(OC)c1.Cl.Cl. The van der Waals surface area contributed by atoms with Crippen LogP contribution in [-0.2, 0) is 19.1 Å². The number of benzene rings is 2. The Hall–Kier alpha value is -2.92. The Morgan fingerprint density at radius 2 is 0.955 bits per heavy atom. The zero-order chi connectivity index (χ0) is 30.5. The van der Waals surface area contributed by atoms with Crippen molar-refractivity contribution in [2.75, 3.05) is 80.9 Å². The molecule has 0 bridgehead atoms. The highest BCUT2D eigenvalue weighted by molar-refractivity contribution is 5.85. The maximum atomic E-state index is 12.8. The van der Waals surface area contributed by atoms with Crippen LogP contribution in [-0.4, -0.2) is 103 Å². The summed E-state index contributed by atoms with van der Waals surface area (Å²) in [5.41, 5.74) is 1.70. The van der Waals surface area contributed by atoms with Gasteiger partial charge in [0.05, 0.1) is 40.3 Å². The second kappa shape index (κ2) is 20.2. The van der Waals surface area contributed by atoms with E-state index in [1.807, 2.05) is 50.2 Å². The lowest BCUT2D eigenvalue weighted by molar-refractivity contribution is -0.147. The standard InChI is InChI=1S/C32H46N2O8.2ClH/c1-7-25(23-9-11-27(37-3)29(21-23)39-5)31(35)41-19-17-33-13-15-34(16-14-33)18-20-42-32(36)26(8-2)24-10-12-28(38-4)30(22-24)40-6;;/h9-12,21-22,25-26H,7-8,13-20H2,1-6H3;2*1H. The summed E-state index contributed by atoms with van der Waals surface area (Å²) in [6.45, 7) is 9.44. The lowest BCUT2D eigenvalue weighted by atomic mass is 9.96. The number of rotatable bonds is 16. The minimum Gasteiger partial charge on any atom is -0.493 e. The van der Waals surface area contributed by atoms with Crippen LogP contribution in [0.2, 0.25) is 0 Å². The molecule has 0 spiro atoms. The van der Waals surface area contributed by atoms with Gasteiger partial charge in [0.1, 0.15) is 13.2 Å². The van der Waals surface area contributed by atoms with Crippen molar-refractivity contribution in [2.24, 2.45) is 0 Å². The summed E-state index contributed by atoms with van der Waals surface area (Å²) in [5, 5.41) is 0. The smallest absolute Gasteiger partial charge is 0.313 e. The number of hydrogen-bond acceptors (Lipinski definition) is 10. The molecule has 10 nitrogen and oxygen atoms in total. The average Bonchev–Trinajstić information content (AvgIpc) is 3.02. The molecule has 1 saturated heterocycles. The summed E-state index contributed by atoms with van der Waals surface area (Å²) in [4.78, 5) is 30.3. The summed E-state index contributed by atoms with van der Waals surface area (Å²) < 4.78 is 32.7. The molecule has 3 rings (SSSR count). The van der Waals surface area contributed by atoms with Gasteiger partial charge in [-0.2, -0.15) is 0 Å². The van der Waals surface area contributed by atoms with Crippen molar-refractivity contribution >= 4 is 36.8 Å². The largest absolute Gasteiger partial charge is 0.493 e. The number of carbonyl (C=O) groups excluding carboxylic acids is 2. The Morgan fingerprint density at radius 3 is 1.25 bits per heavy atom. The molecule has 0 amide bonds. The summed E-state index contributed by atoms with van der Waals surface area (Å²) in [6, 6.07) is 11.1. The second-order valence-corrected chi connectivity index (χ2v) is 10.2. The van der Waals surface area contributed by atoms with Gasteiger partial charge in [0.15, 0.2) is 23.0 Å². The Morgan fingerprint density at radius 1 is 0.614 bits per heavy atom. The summed E-state index contributed by atoms with van der Waals surface area (Å²) >= 11 is 0. The number of esters is 2. The maximum absolute atomic E-state index is 12.8.